The molecule has 0 radical (unpaired) electrons. The van der Waals surface area contributed by atoms with Crippen molar-refractivity contribution in [3.8, 4) is 0 Å². The van der Waals surface area contributed by atoms with Crippen LogP contribution in [0.3, 0.4) is 0 Å². The summed E-state index contributed by atoms with van der Waals surface area (Å²) in [7, 11) is 0. The third kappa shape index (κ3) is 4.37. The topological polar surface area (TPSA) is 3.24 Å². The standard InChI is InChI=1S/C11H23NS/c1-2-6-11(10-13)9-12-7-4-3-5-8-12/h11,13H,2-10H2,1H3. The third-order valence-corrected chi connectivity index (χ3v) is 3.44. The van der Waals surface area contributed by atoms with E-state index in [9.17, 15) is 0 Å². The smallest absolute Gasteiger partial charge is 0.00175 e. The molecule has 1 heterocycles. The molecule has 0 bridgehead atoms. The highest BCUT2D eigenvalue weighted by Crippen LogP contribution is 2.14. The fraction of sp³-hybridized carbons (Fsp3) is 1.00. The summed E-state index contributed by atoms with van der Waals surface area (Å²) in [6.45, 7) is 6.21. The van der Waals surface area contributed by atoms with Crippen molar-refractivity contribution in [1.29, 1.82) is 0 Å². The quantitative estimate of drug-likeness (QED) is 0.669. The summed E-state index contributed by atoms with van der Waals surface area (Å²) < 4.78 is 0. The molecule has 0 saturated carbocycles. The van der Waals surface area contributed by atoms with E-state index in [2.05, 4.69) is 24.5 Å². The Balaban J connectivity index is 2.18. The van der Waals surface area contributed by atoms with Crippen LogP contribution in [0.15, 0.2) is 0 Å². The monoisotopic (exact) mass is 201 g/mol. The number of hydrogen-bond donors (Lipinski definition) is 1. The maximum absolute atomic E-state index is 4.42. The first-order chi connectivity index (χ1) is 6.36. The molecule has 0 amide bonds. The van der Waals surface area contributed by atoms with Gasteiger partial charge in [0.15, 0.2) is 0 Å². The van der Waals surface area contributed by atoms with E-state index in [0.717, 1.165) is 11.7 Å². The highest BCUT2D eigenvalue weighted by Gasteiger charge is 2.14. The second-order valence-electron chi connectivity index (χ2n) is 4.20. The summed E-state index contributed by atoms with van der Waals surface area (Å²) in [5.41, 5.74) is 0. The van der Waals surface area contributed by atoms with Crippen LogP contribution in [-0.4, -0.2) is 30.3 Å². The predicted molar refractivity (Wildman–Crippen MR) is 62.5 cm³/mol. The molecule has 1 saturated heterocycles. The largest absolute Gasteiger partial charge is 0.303 e. The number of piperidine rings is 1. The van der Waals surface area contributed by atoms with Gasteiger partial charge in [0, 0.05) is 6.54 Å². The van der Waals surface area contributed by atoms with E-state index >= 15 is 0 Å². The molecule has 0 aromatic carbocycles. The Morgan fingerprint density at radius 3 is 2.46 bits per heavy atom. The van der Waals surface area contributed by atoms with E-state index in [1.165, 1.54) is 51.7 Å². The molecule has 0 aliphatic carbocycles. The molecule has 1 nitrogen and oxygen atoms in total. The molecule has 0 aromatic heterocycles. The molecule has 2 heteroatoms. The van der Waals surface area contributed by atoms with Crippen molar-refractivity contribution in [3.05, 3.63) is 0 Å². The van der Waals surface area contributed by atoms with E-state index in [4.69, 9.17) is 0 Å². The van der Waals surface area contributed by atoms with Crippen molar-refractivity contribution in [1.82, 2.24) is 4.90 Å². The van der Waals surface area contributed by atoms with Crippen molar-refractivity contribution in [2.24, 2.45) is 5.92 Å². The Morgan fingerprint density at radius 1 is 1.23 bits per heavy atom. The van der Waals surface area contributed by atoms with Gasteiger partial charge in [-0.1, -0.05) is 19.8 Å². The van der Waals surface area contributed by atoms with Gasteiger partial charge in [0.2, 0.25) is 0 Å². The minimum absolute atomic E-state index is 0.825. The predicted octanol–water partition coefficient (Wildman–Crippen LogP) is 2.82. The summed E-state index contributed by atoms with van der Waals surface area (Å²) in [5, 5.41) is 0. The van der Waals surface area contributed by atoms with Gasteiger partial charge in [-0.3, -0.25) is 0 Å². The molecule has 1 rings (SSSR count). The minimum Gasteiger partial charge on any atom is -0.303 e. The average Bonchev–Trinajstić information content (AvgIpc) is 2.19. The first-order valence-electron chi connectivity index (χ1n) is 5.70. The van der Waals surface area contributed by atoms with Crippen LogP contribution >= 0.6 is 12.6 Å². The van der Waals surface area contributed by atoms with Gasteiger partial charge in [0.05, 0.1) is 0 Å². The maximum atomic E-state index is 4.42. The molecule has 0 N–H and O–H groups in total. The van der Waals surface area contributed by atoms with Gasteiger partial charge >= 0.3 is 0 Å². The van der Waals surface area contributed by atoms with Crippen LogP contribution in [0.4, 0.5) is 0 Å². The summed E-state index contributed by atoms with van der Waals surface area (Å²) >= 11 is 4.42. The Bertz CT molecular complexity index is 119. The molecule has 13 heavy (non-hydrogen) atoms. The Morgan fingerprint density at radius 2 is 1.92 bits per heavy atom. The zero-order valence-corrected chi connectivity index (χ0v) is 9.73. The van der Waals surface area contributed by atoms with Crippen molar-refractivity contribution < 1.29 is 0 Å². The van der Waals surface area contributed by atoms with Gasteiger partial charge < -0.3 is 4.90 Å². The van der Waals surface area contributed by atoms with Gasteiger partial charge in [0.25, 0.3) is 0 Å². The van der Waals surface area contributed by atoms with E-state index in [0.29, 0.717) is 0 Å². The van der Waals surface area contributed by atoms with Gasteiger partial charge in [-0.15, -0.1) is 0 Å². The summed E-state index contributed by atoms with van der Waals surface area (Å²) in [4.78, 5) is 2.63. The van der Waals surface area contributed by atoms with Crippen LogP contribution in [0.5, 0.6) is 0 Å². The van der Waals surface area contributed by atoms with Crippen LogP contribution < -0.4 is 0 Å². The van der Waals surface area contributed by atoms with Crippen LogP contribution in [0.1, 0.15) is 39.0 Å². The number of likely N-dealkylation sites (tertiary alicyclic amines) is 1. The lowest BCUT2D eigenvalue weighted by Crippen LogP contribution is -2.34. The highest BCUT2D eigenvalue weighted by atomic mass is 32.1. The molecule has 0 aromatic rings. The van der Waals surface area contributed by atoms with E-state index < -0.39 is 0 Å². The lowest BCUT2D eigenvalue weighted by molar-refractivity contribution is 0.198. The molecular formula is C11H23NS. The normalized spacial score (nSPS) is 21.7. The molecule has 1 unspecified atom stereocenters. The van der Waals surface area contributed by atoms with E-state index in [1.807, 2.05) is 0 Å². The zero-order valence-electron chi connectivity index (χ0n) is 8.84. The highest BCUT2D eigenvalue weighted by molar-refractivity contribution is 7.80. The number of nitrogens with zero attached hydrogens (tertiary/aromatic N) is 1. The van der Waals surface area contributed by atoms with Gasteiger partial charge in [-0.25, -0.2) is 0 Å². The second kappa shape index (κ2) is 6.72. The lowest BCUT2D eigenvalue weighted by atomic mass is 10.0. The summed E-state index contributed by atoms with van der Waals surface area (Å²) in [6, 6.07) is 0. The fourth-order valence-corrected chi connectivity index (χ4v) is 2.45. The van der Waals surface area contributed by atoms with Crippen LogP contribution in [-0.2, 0) is 0 Å². The van der Waals surface area contributed by atoms with Gasteiger partial charge in [-0.05, 0) is 44.0 Å². The number of thiol groups is 1. The number of hydrogen-bond acceptors (Lipinski definition) is 2. The molecule has 1 fully saturated rings. The average molecular weight is 201 g/mol. The molecular weight excluding hydrogens is 178 g/mol. The van der Waals surface area contributed by atoms with Crippen LogP contribution in [0, 0.1) is 5.92 Å². The van der Waals surface area contributed by atoms with Crippen molar-refractivity contribution >= 4 is 12.6 Å². The van der Waals surface area contributed by atoms with Crippen molar-refractivity contribution in [2.75, 3.05) is 25.4 Å². The molecule has 0 spiro atoms. The SMILES string of the molecule is CCCC(CS)CN1CCCCC1. The second-order valence-corrected chi connectivity index (χ2v) is 4.56. The van der Waals surface area contributed by atoms with Gasteiger partial charge in [-0.2, -0.15) is 12.6 Å². The van der Waals surface area contributed by atoms with E-state index in [-0.39, 0.29) is 0 Å². The van der Waals surface area contributed by atoms with Crippen molar-refractivity contribution in [3.63, 3.8) is 0 Å². The first kappa shape index (κ1) is 11.4. The zero-order chi connectivity index (χ0) is 9.52. The number of rotatable bonds is 5. The molecule has 1 atom stereocenters. The Hall–Kier alpha value is 0.310. The summed E-state index contributed by atoms with van der Waals surface area (Å²) in [5.74, 6) is 1.89. The van der Waals surface area contributed by atoms with Gasteiger partial charge in [0.1, 0.15) is 0 Å². The third-order valence-electron chi connectivity index (χ3n) is 2.92. The first-order valence-corrected chi connectivity index (χ1v) is 6.33. The Labute approximate surface area is 88.3 Å². The summed E-state index contributed by atoms with van der Waals surface area (Å²) in [6.07, 6.45) is 6.91. The van der Waals surface area contributed by atoms with E-state index in [1.54, 1.807) is 0 Å². The Kier molecular flexibility index (Phi) is 5.88. The molecule has 78 valence electrons. The maximum Gasteiger partial charge on any atom is 0.00175 e. The lowest BCUT2D eigenvalue weighted by Gasteiger charge is -2.29. The molecule has 1 aliphatic rings. The molecule has 1 aliphatic heterocycles. The van der Waals surface area contributed by atoms with Crippen LogP contribution in [0.2, 0.25) is 0 Å². The van der Waals surface area contributed by atoms with Crippen LogP contribution in [0.25, 0.3) is 0 Å². The van der Waals surface area contributed by atoms with Crippen molar-refractivity contribution in [2.45, 2.75) is 39.0 Å². The fourth-order valence-electron chi connectivity index (χ4n) is 2.16. The minimum atomic E-state index is 0.825.